The van der Waals surface area contributed by atoms with Crippen molar-refractivity contribution in [2.75, 3.05) is 58.5 Å². The maximum Gasteiger partial charge on any atom is 0.356 e. The van der Waals surface area contributed by atoms with Gasteiger partial charge in [-0.15, -0.1) is 0 Å². The molecule has 1 aromatic carbocycles. The van der Waals surface area contributed by atoms with Crippen LogP contribution < -0.4 is 4.90 Å². The van der Waals surface area contributed by atoms with E-state index in [9.17, 15) is 9.18 Å². The van der Waals surface area contributed by atoms with E-state index in [4.69, 9.17) is 24.3 Å². The summed E-state index contributed by atoms with van der Waals surface area (Å²) < 4.78 is 31.8. The quantitative estimate of drug-likeness (QED) is 0.420. The molecular weight excluding hydrogens is 501 g/mol. The van der Waals surface area contributed by atoms with Gasteiger partial charge in [-0.25, -0.2) is 18.9 Å². The Morgan fingerprint density at radius 3 is 2.54 bits per heavy atom. The normalized spacial score (nSPS) is 21.3. The van der Waals surface area contributed by atoms with Crippen molar-refractivity contribution in [2.45, 2.75) is 50.2 Å². The lowest BCUT2D eigenvalue weighted by molar-refractivity contribution is -0.0740. The highest BCUT2D eigenvalue weighted by molar-refractivity contribution is 5.99. The number of methoxy groups -OCH3 is 2. The van der Waals surface area contributed by atoms with Crippen LogP contribution in [0.3, 0.4) is 0 Å². The number of nitrogens with zero attached hydrogens (tertiary/aromatic N) is 5. The first-order valence-electron chi connectivity index (χ1n) is 13.9. The van der Waals surface area contributed by atoms with E-state index in [1.165, 1.54) is 25.7 Å². The molecule has 1 atom stereocenters. The maximum atomic E-state index is 13.7. The van der Waals surface area contributed by atoms with Gasteiger partial charge in [0, 0.05) is 45.2 Å². The van der Waals surface area contributed by atoms with E-state index in [-0.39, 0.29) is 17.6 Å². The summed E-state index contributed by atoms with van der Waals surface area (Å²) in [6, 6.07) is 8.59. The molecular formula is C29H36FN5O4. The Kier molecular flexibility index (Phi) is 7.51. The van der Waals surface area contributed by atoms with Crippen LogP contribution in [0.1, 0.15) is 54.2 Å². The van der Waals surface area contributed by atoms with Crippen LogP contribution in [0.2, 0.25) is 0 Å². The number of esters is 1. The van der Waals surface area contributed by atoms with E-state index in [1.54, 1.807) is 23.9 Å². The van der Waals surface area contributed by atoms with E-state index >= 15 is 0 Å². The Labute approximate surface area is 227 Å². The predicted molar refractivity (Wildman–Crippen MR) is 145 cm³/mol. The SMILES string of the molecule is COCC1CN(C2CCN(c3cc(C(=O)OC)nc4c3c(C3CCC3)nn4-c3ccc(F)cc3)CC2)CCO1. The number of hydrogen-bond donors (Lipinski definition) is 0. The first-order chi connectivity index (χ1) is 19.1. The molecule has 3 aliphatic rings. The molecule has 1 aliphatic carbocycles. The van der Waals surface area contributed by atoms with Gasteiger partial charge in [0.2, 0.25) is 0 Å². The molecule has 0 bridgehead atoms. The lowest BCUT2D eigenvalue weighted by Gasteiger charge is -2.43. The van der Waals surface area contributed by atoms with Crippen molar-refractivity contribution in [3.63, 3.8) is 0 Å². The van der Waals surface area contributed by atoms with Crippen molar-refractivity contribution >= 4 is 22.7 Å². The van der Waals surface area contributed by atoms with E-state index in [0.29, 0.717) is 29.9 Å². The average Bonchev–Trinajstić information content (AvgIpc) is 3.31. The highest BCUT2D eigenvalue weighted by Crippen LogP contribution is 2.43. The second-order valence-corrected chi connectivity index (χ2v) is 10.8. The Balaban J connectivity index is 1.36. The van der Waals surface area contributed by atoms with E-state index < -0.39 is 5.97 Å². The van der Waals surface area contributed by atoms with Gasteiger partial charge in [-0.05, 0) is 56.0 Å². The monoisotopic (exact) mass is 537 g/mol. The van der Waals surface area contributed by atoms with Crippen molar-refractivity contribution in [3.8, 4) is 5.69 Å². The Morgan fingerprint density at radius 1 is 1.10 bits per heavy atom. The molecule has 6 rings (SSSR count). The lowest BCUT2D eigenvalue weighted by Crippen LogP contribution is -2.52. The fourth-order valence-electron chi connectivity index (χ4n) is 6.14. The molecule has 10 heteroatoms. The smallest absolute Gasteiger partial charge is 0.356 e. The molecule has 0 spiro atoms. The van der Waals surface area contributed by atoms with Crippen LogP contribution in [0.5, 0.6) is 0 Å². The number of pyridine rings is 1. The van der Waals surface area contributed by atoms with Crippen LogP contribution in [0, 0.1) is 5.82 Å². The number of carbonyl (C=O) groups excluding carboxylic acids is 1. The van der Waals surface area contributed by atoms with Crippen molar-refractivity contribution < 1.29 is 23.4 Å². The van der Waals surface area contributed by atoms with Crippen LogP contribution in [-0.2, 0) is 14.2 Å². The van der Waals surface area contributed by atoms with Gasteiger partial charge in [0.25, 0.3) is 0 Å². The minimum atomic E-state index is -0.484. The summed E-state index contributed by atoms with van der Waals surface area (Å²) in [7, 11) is 3.09. The number of carbonyl (C=O) groups is 1. The van der Waals surface area contributed by atoms with Crippen molar-refractivity contribution in [2.24, 2.45) is 0 Å². The summed E-state index contributed by atoms with van der Waals surface area (Å²) in [5.74, 6) is -0.445. The third-order valence-electron chi connectivity index (χ3n) is 8.45. The fourth-order valence-corrected chi connectivity index (χ4v) is 6.14. The number of ether oxygens (including phenoxy) is 3. The zero-order valence-corrected chi connectivity index (χ0v) is 22.6. The molecule has 1 unspecified atom stereocenters. The number of anilines is 1. The molecule has 0 amide bonds. The summed E-state index contributed by atoms with van der Waals surface area (Å²) in [6.45, 7) is 4.90. The van der Waals surface area contributed by atoms with E-state index in [0.717, 1.165) is 75.2 Å². The summed E-state index contributed by atoms with van der Waals surface area (Å²) in [6.07, 6.45) is 5.48. The number of halogens is 1. The van der Waals surface area contributed by atoms with Gasteiger partial charge in [0.1, 0.15) is 5.82 Å². The minimum absolute atomic E-state index is 0.117. The third kappa shape index (κ3) is 5.13. The maximum absolute atomic E-state index is 13.7. The highest BCUT2D eigenvalue weighted by Gasteiger charge is 2.33. The summed E-state index contributed by atoms with van der Waals surface area (Å²) in [5, 5.41) is 6.01. The highest BCUT2D eigenvalue weighted by atomic mass is 19.1. The Bertz CT molecular complexity index is 1320. The fraction of sp³-hybridized carbons (Fsp3) is 0.552. The first-order valence-corrected chi connectivity index (χ1v) is 13.9. The van der Waals surface area contributed by atoms with Crippen LogP contribution in [0.15, 0.2) is 30.3 Å². The van der Waals surface area contributed by atoms with E-state index in [2.05, 4.69) is 9.80 Å². The van der Waals surface area contributed by atoms with Crippen molar-refractivity contribution in [1.29, 1.82) is 0 Å². The molecule has 9 nitrogen and oxygen atoms in total. The largest absolute Gasteiger partial charge is 0.464 e. The molecule has 2 aliphatic heterocycles. The molecule has 2 aromatic heterocycles. The third-order valence-corrected chi connectivity index (χ3v) is 8.45. The van der Waals surface area contributed by atoms with Crippen molar-refractivity contribution in [3.05, 3.63) is 47.5 Å². The zero-order chi connectivity index (χ0) is 26.9. The molecule has 0 radical (unpaired) electrons. The summed E-state index contributed by atoms with van der Waals surface area (Å²) >= 11 is 0. The van der Waals surface area contributed by atoms with E-state index in [1.807, 2.05) is 6.07 Å². The number of benzene rings is 1. The molecule has 0 N–H and O–H groups in total. The number of aromatic nitrogens is 3. The summed E-state index contributed by atoms with van der Waals surface area (Å²) in [4.78, 5) is 22.4. The number of fused-ring (bicyclic) bond motifs is 1. The molecule has 2 saturated heterocycles. The second kappa shape index (κ2) is 11.2. The van der Waals surface area contributed by atoms with Gasteiger partial charge in [0.15, 0.2) is 11.3 Å². The van der Waals surface area contributed by atoms with Gasteiger partial charge in [-0.1, -0.05) is 6.42 Å². The second-order valence-electron chi connectivity index (χ2n) is 10.8. The van der Waals surface area contributed by atoms with Crippen LogP contribution in [0.4, 0.5) is 10.1 Å². The predicted octanol–water partition coefficient (Wildman–Crippen LogP) is 3.93. The van der Waals surface area contributed by atoms with Crippen molar-refractivity contribution in [1.82, 2.24) is 19.7 Å². The van der Waals surface area contributed by atoms with Gasteiger partial charge in [-0.2, -0.15) is 5.10 Å². The first kappa shape index (κ1) is 26.2. The van der Waals surface area contributed by atoms with Gasteiger partial charge in [0.05, 0.1) is 48.9 Å². The minimum Gasteiger partial charge on any atom is -0.464 e. The summed E-state index contributed by atoms with van der Waals surface area (Å²) in [5.41, 5.74) is 3.56. The number of rotatable bonds is 7. The number of hydrogen-bond acceptors (Lipinski definition) is 8. The molecule has 1 saturated carbocycles. The molecule has 208 valence electrons. The van der Waals surface area contributed by atoms with Crippen LogP contribution in [-0.4, -0.2) is 91.4 Å². The molecule has 39 heavy (non-hydrogen) atoms. The lowest BCUT2D eigenvalue weighted by atomic mass is 9.82. The van der Waals surface area contributed by atoms with Crippen LogP contribution in [0.25, 0.3) is 16.7 Å². The van der Waals surface area contributed by atoms with Gasteiger partial charge >= 0.3 is 5.97 Å². The standard InChI is InChI=1S/C29H36FN5O4/c1-37-18-23-17-34(14-15-39-23)21-10-12-33(13-11-21)25-16-24(29(36)38-2)31-28-26(25)27(19-4-3-5-19)32-35(28)22-8-6-20(30)7-9-22/h6-9,16,19,21,23H,3-5,10-15,17-18H2,1-2H3. The molecule has 3 fully saturated rings. The Hall–Kier alpha value is -3.08. The van der Waals surface area contributed by atoms with Gasteiger partial charge in [-0.3, -0.25) is 4.90 Å². The molecule has 4 heterocycles. The average molecular weight is 538 g/mol. The zero-order valence-electron chi connectivity index (χ0n) is 22.6. The number of piperidine rings is 1. The number of morpholine rings is 1. The Morgan fingerprint density at radius 2 is 1.87 bits per heavy atom. The topological polar surface area (TPSA) is 82.0 Å². The molecule has 3 aromatic rings. The van der Waals surface area contributed by atoms with Crippen LogP contribution >= 0.6 is 0 Å². The van der Waals surface area contributed by atoms with Gasteiger partial charge < -0.3 is 19.1 Å².